The molecule has 1 aromatic rings. The van der Waals surface area contributed by atoms with Crippen LogP contribution in [0, 0.1) is 0 Å². The lowest BCUT2D eigenvalue weighted by atomic mass is 10.1. The summed E-state index contributed by atoms with van der Waals surface area (Å²) >= 11 is 0. The molecule has 0 saturated carbocycles. The molecule has 7 nitrogen and oxygen atoms in total. The van der Waals surface area contributed by atoms with E-state index in [0.717, 1.165) is 22.0 Å². The Hall–Kier alpha value is -2.28. The first-order valence-corrected chi connectivity index (χ1v) is 6.74. The molecule has 0 radical (unpaired) electrons. The maximum atomic E-state index is 11.9. The summed E-state index contributed by atoms with van der Waals surface area (Å²) in [5.74, 6) is 1.15. The number of hydrogen-bond donors (Lipinski definition) is 3. The third kappa shape index (κ3) is 3.63. The summed E-state index contributed by atoms with van der Waals surface area (Å²) in [5, 5.41) is 4.64. The van der Waals surface area contributed by atoms with Crippen LogP contribution in [0.1, 0.15) is 12.5 Å². The smallest absolute Gasteiger partial charge is 0.321 e. The van der Waals surface area contributed by atoms with Crippen LogP contribution in [0.25, 0.3) is 0 Å². The van der Waals surface area contributed by atoms with Crippen molar-refractivity contribution >= 4 is 11.9 Å². The number of fused-ring (bicyclic) bond motifs is 1. The molecule has 2 rings (SSSR count). The van der Waals surface area contributed by atoms with Crippen molar-refractivity contribution in [2.45, 2.75) is 19.5 Å². The third-order valence-electron chi connectivity index (χ3n) is 3.52. The summed E-state index contributed by atoms with van der Waals surface area (Å²) in [6.45, 7) is 2.66. The lowest BCUT2D eigenvalue weighted by Crippen LogP contribution is -3.12. The summed E-state index contributed by atoms with van der Waals surface area (Å²) in [6.07, 6.45) is 0. The minimum absolute atomic E-state index is 0.242. The molecule has 1 aliphatic heterocycles. The highest BCUT2D eigenvalue weighted by Gasteiger charge is 2.24. The van der Waals surface area contributed by atoms with Crippen molar-refractivity contribution in [1.29, 1.82) is 0 Å². The van der Waals surface area contributed by atoms with Gasteiger partial charge in [-0.1, -0.05) is 0 Å². The summed E-state index contributed by atoms with van der Waals surface area (Å²) in [4.78, 5) is 24.0. The van der Waals surface area contributed by atoms with Gasteiger partial charge in [-0.3, -0.25) is 10.1 Å². The van der Waals surface area contributed by atoms with Crippen molar-refractivity contribution in [3.8, 4) is 11.5 Å². The zero-order valence-electron chi connectivity index (χ0n) is 12.4. The van der Waals surface area contributed by atoms with E-state index in [9.17, 15) is 9.59 Å². The third-order valence-corrected chi connectivity index (χ3v) is 3.52. The van der Waals surface area contributed by atoms with Crippen molar-refractivity contribution < 1.29 is 24.0 Å². The van der Waals surface area contributed by atoms with Gasteiger partial charge in [0.1, 0.15) is 6.54 Å². The Bertz CT molecular complexity index is 547. The van der Waals surface area contributed by atoms with Crippen LogP contribution in [-0.2, 0) is 11.3 Å². The summed E-state index contributed by atoms with van der Waals surface area (Å²) in [6, 6.07) is 4.87. The number of amides is 3. The highest BCUT2D eigenvalue weighted by Crippen LogP contribution is 2.32. The number of rotatable bonds is 4. The largest absolute Gasteiger partial charge is 0.454 e. The van der Waals surface area contributed by atoms with E-state index >= 15 is 0 Å². The first-order chi connectivity index (χ1) is 10.0. The van der Waals surface area contributed by atoms with E-state index in [1.807, 2.05) is 25.2 Å². The molecular formula is C14H20N3O4+. The molecule has 114 valence electrons. The SMILES string of the molecule is CNC(=O)NC(=O)[C@H](C)[NH+](C)Cc1ccc2c(c1)OCO2. The Morgan fingerprint density at radius 3 is 2.76 bits per heavy atom. The molecule has 0 aliphatic carbocycles. The monoisotopic (exact) mass is 294 g/mol. The van der Waals surface area contributed by atoms with Crippen LogP contribution >= 0.6 is 0 Å². The van der Waals surface area contributed by atoms with E-state index in [-0.39, 0.29) is 18.7 Å². The quantitative estimate of drug-likeness (QED) is 0.684. The normalized spacial score (nSPS) is 15.2. The molecular weight excluding hydrogens is 274 g/mol. The molecule has 0 fully saturated rings. The fourth-order valence-corrected chi connectivity index (χ4v) is 2.03. The number of benzene rings is 1. The minimum Gasteiger partial charge on any atom is -0.454 e. The summed E-state index contributed by atoms with van der Waals surface area (Å²) < 4.78 is 10.6. The average molecular weight is 294 g/mol. The van der Waals surface area contributed by atoms with Gasteiger partial charge in [0.15, 0.2) is 17.5 Å². The number of likely N-dealkylation sites (N-methyl/N-ethyl adjacent to an activating group) is 1. The molecule has 3 N–H and O–H groups in total. The molecule has 1 aromatic carbocycles. The highest BCUT2D eigenvalue weighted by molar-refractivity contribution is 5.96. The molecule has 21 heavy (non-hydrogen) atoms. The first-order valence-electron chi connectivity index (χ1n) is 6.74. The van der Waals surface area contributed by atoms with Gasteiger partial charge in [0.2, 0.25) is 6.79 Å². The zero-order chi connectivity index (χ0) is 15.4. The van der Waals surface area contributed by atoms with Crippen LogP contribution in [0.3, 0.4) is 0 Å². The molecule has 1 heterocycles. The van der Waals surface area contributed by atoms with Crippen LogP contribution in [-0.4, -0.2) is 38.9 Å². The van der Waals surface area contributed by atoms with Gasteiger partial charge in [0, 0.05) is 12.6 Å². The Morgan fingerprint density at radius 2 is 2.05 bits per heavy atom. The maximum Gasteiger partial charge on any atom is 0.321 e. The zero-order valence-corrected chi connectivity index (χ0v) is 12.4. The van der Waals surface area contributed by atoms with Crippen LogP contribution in [0.4, 0.5) is 4.79 Å². The van der Waals surface area contributed by atoms with Gasteiger partial charge in [-0.05, 0) is 25.1 Å². The predicted molar refractivity (Wildman–Crippen MR) is 75.2 cm³/mol. The molecule has 7 heteroatoms. The standard InChI is InChI=1S/C14H19N3O4/c1-9(13(18)16-14(19)15-2)17(3)7-10-4-5-11-12(6-10)21-8-20-11/h4-6,9H,7-8H2,1-3H3,(H2,15,16,18,19)/p+1/t9-/m0/s1. The fraction of sp³-hybridized carbons (Fsp3) is 0.429. The van der Waals surface area contributed by atoms with E-state index in [1.54, 1.807) is 6.92 Å². The van der Waals surface area contributed by atoms with Gasteiger partial charge >= 0.3 is 6.03 Å². The molecule has 2 atom stereocenters. The Labute approximate surface area is 123 Å². The second-order valence-corrected chi connectivity index (χ2v) is 5.00. The summed E-state index contributed by atoms with van der Waals surface area (Å²) in [7, 11) is 3.37. The van der Waals surface area contributed by atoms with Gasteiger partial charge in [0.05, 0.1) is 7.05 Å². The predicted octanol–water partition coefficient (Wildman–Crippen LogP) is -0.726. The maximum absolute atomic E-state index is 11.9. The van der Waals surface area contributed by atoms with E-state index < -0.39 is 6.03 Å². The number of hydrogen-bond acceptors (Lipinski definition) is 4. The van der Waals surface area contributed by atoms with Gasteiger partial charge < -0.3 is 19.7 Å². The number of ether oxygens (including phenoxy) is 2. The number of nitrogens with one attached hydrogen (secondary N) is 3. The second kappa shape index (κ2) is 6.45. The van der Waals surface area contributed by atoms with E-state index in [2.05, 4.69) is 10.6 Å². The molecule has 0 spiro atoms. The van der Waals surface area contributed by atoms with Gasteiger partial charge in [-0.2, -0.15) is 0 Å². The van der Waals surface area contributed by atoms with E-state index in [4.69, 9.17) is 9.47 Å². The molecule has 3 amide bonds. The van der Waals surface area contributed by atoms with Crippen molar-refractivity contribution in [3.05, 3.63) is 23.8 Å². The lowest BCUT2D eigenvalue weighted by Gasteiger charge is -2.20. The van der Waals surface area contributed by atoms with E-state index in [1.165, 1.54) is 7.05 Å². The lowest BCUT2D eigenvalue weighted by molar-refractivity contribution is -0.908. The van der Waals surface area contributed by atoms with Gasteiger partial charge in [0.25, 0.3) is 5.91 Å². The second-order valence-electron chi connectivity index (χ2n) is 5.00. The highest BCUT2D eigenvalue weighted by atomic mass is 16.7. The Kier molecular flexibility index (Phi) is 4.64. The van der Waals surface area contributed by atoms with Crippen molar-refractivity contribution in [1.82, 2.24) is 10.6 Å². The molecule has 0 saturated heterocycles. The van der Waals surface area contributed by atoms with Crippen LogP contribution < -0.4 is 25.0 Å². The number of carbonyl (C=O) groups is 2. The van der Waals surface area contributed by atoms with Crippen molar-refractivity contribution in [3.63, 3.8) is 0 Å². The number of urea groups is 1. The molecule has 0 bridgehead atoms. The average Bonchev–Trinajstić information content (AvgIpc) is 2.93. The van der Waals surface area contributed by atoms with Gasteiger partial charge in [-0.15, -0.1) is 0 Å². The van der Waals surface area contributed by atoms with Crippen molar-refractivity contribution in [2.75, 3.05) is 20.9 Å². The molecule has 1 aliphatic rings. The van der Waals surface area contributed by atoms with Crippen LogP contribution in [0.5, 0.6) is 11.5 Å². The fourth-order valence-electron chi connectivity index (χ4n) is 2.03. The van der Waals surface area contributed by atoms with Crippen LogP contribution in [0.2, 0.25) is 0 Å². The molecule has 1 unspecified atom stereocenters. The number of quaternary nitrogens is 1. The minimum atomic E-state index is -0.497. The van der Waals surface area contributed by atoms with E-state index in [0.29, 0.717) is 6.54 Å². The Balaban J connectivity index is 1.95. The van der Waals surface area contributed by atoms with Crippen molar-refractivity contribution in [2.24, 2.45) is 0 Å². The van der Waals surface area contributed by atoms with Crippen LogP contribution in [0.15, 0.2) is 18.2 Å². The molecule has 0 aromatic heterocycles. The first kappa shape index (κ1) is 15.1. The number of carbonyl (C=O) groups excluding carboxylic acids is 2. The summed E-state index contributed by atoms with van der Waals surface area (Å²) in [5.41, 5.74) is 1.04. The Morgan fingerprint density at radius 1 is 1.33 bits per heavy atom. The number of imide groups is 1. The van der Waals surface area contributed by atoms with Gasteiger partial charge in [-0.25, -0.2) is 4.79 Å². The topological polar surface area (TPSA) is 81.1 Å².